The van der Waals surface area contributed by atoms with E-state index in [1.807, 2.05) is 0 Å². The monoisotopic (exact) mass is 325 g/mol. The number of piperazine rings is 1. The number of hydrogen-bond donors (Lipinski definition) is 1. The Balaban J connectivity index is 1.58. The minimum absolute atomic E-state index is 0.819. The van der Waals surface area contributed by atoms with Crippen molar-refractivity contribution in [2.45, 2.75) is 13.8 Å². The Morgan fingerprint density at radius 2 is 1.70 bits per heavy atom. The Labute approximate surface area is 143 Å². The molecule has 120 valence electrons. The summed E-state index contributed by atoms with van der Waals surface area (Å²) in [6.45, 7) is 8.17. The number of anilines is 2. The van der Waals surface area contributed by atoms with Crippen LogP contribution in [0.4, 0.5) is 11.4 Å². The van der Waals surface area contributed by atoms with Crippen molar-refractivity contribution in [2.24, 2.45) is 0 Å². The molecular weight excluding hydrogens is 302 g/mol. The Morgan fingerprint density at radius 3 is 2.39 bits per heavy atom. The second-order valence-corrected chi connectivity index (χ2v) is 6.45. The predicted octanol–water partition coefficient (Wildman–Crippen LogP) is 3.82. The van der Waals surface area contributed by atoms with Gasteiger partial charge in [-0.3, -0.25) is 0 Å². The van der Waals surface area contributed by atoms with Crippen molar-refractivity contribution in [3.05, 3.63) is 59.7 Å². The average Bonchev–Trinajstić information content (AvgIpc) is 2.55. The summed E-state index contributed by atoms with van der Waals surface area (Å²) in [6, 6.07) is 16.9. The van der Waals surface area contributed by atoms with Crippen LogP contribution in [0, 0.1) is 13.8 Å². The third-order valence-corrected chi connectivity index (χ3v) is 4.65. The third kappa shape index (κ3) is 3.82. The lowest BCUT2D eigenvalue weighted by Gasteiger charge is -2.38. The van der Waals surface area contributed by atoms with Crippen LogP contribution in [-0.4, -0.2) is 36.2 Å². The number of hydrogen-bond acceptors (Lipinski definition) is 2. The lowest BCUT2D eigenvalue weighted by atomic mass is 10.1. The molecule has 1 fully saturated rings. The number of benzene rings is 2. The molecule has 0 unspecified atom stereocenters. The molecule has 0 radical (unpaired) electrons. The van der Waals surface area contributed by atoms with Gasteiger partial charge in [0.2, 0.25) is 0 Å². The zero-order valence-corrected chi connectivity index (χ0v) is 14.6. The van der Waals surface area contributed by atoms with E-state index < -0.39 is 0 Å². The summed E-state index contributed by atoms with van der Waals surface area (Å²) in [5, 5.41) is 4.18. The number of nitrogens with one attached hydrogen (secondary N) is 1. The summed E-state index contributed by atoms with van der Waals surface area (Å²) in [5.41, 5.74) is 4.98. The van der Waals surface area contributed by atoms with Gasteiger partial charge in [0.05, 0.1) is 0 Å². The molecule has 0 spiro atoms. The number of aryl methyl sites for hydroxylation is 2. The molecule has 23 heavy (non-hydrogen) atoms. The van der Waals surface area contributed by atoms with E-state index in [1.54, 1.807) is 0 Å². The van der Waals surface area contributed by atoms with E-state index in [9.17, 15) is 0 Å². The van der Waals surface area contributed by atoms with Crippen molar-refractivity contribution in [2.75, 3.05) is 36.4 Å². The molecule has 0 aromatic heterocycles. The molecule has 3 nitrogen and oxygen atoms in total. The topological polar surface area (TPSA) is 18.5 Å². The van der Waals surface area contributed by atoms with Crippen LogP contribution in [0.15, 0.2) is 48.5 Å². The molecule has 1 N–H and O–H groups in total. The van der Waals surface area contributed by atoms with Crippen molar-refractivity contribution < 1.29 is 0 Å². The maximum atomic E-state index is 5.58. The van der Waals surface area contributed by atoms with Gasteiger partial charge in [0, 0.05) is 37.6 Å². The molecule has 3 rings (SSSR count). The Bertz CT molecular complexity index is 691. The van der Waals surface area contributed by atoms with Crippen molar-refractivity contribution in [1.29, 1.82) is 0 Å². The summed E-state index contributed by atoms with van der Waals surface area (Å²) in [4.78, 5) is 4.70. The second kappa shape index (κ2) is 7.01. The zero-order chi connectivity index (χ0) is 16.2. The van der Waals surface area contributed by atoms with Crippen molar-refractivity contribution in [3.63, 3.8) is 0 Å². The van der Waals surface area contributed by atoms with Gasteiger partial charge in [-0.1, -0.05) is 30.3 Å². The largest absolute Gasteiger partial charge is 0.368 e. The average molecular weight is 325 g/mol. The maximum Gasteiger partial charge on any atom is 0.173 e. The molecule has 4 heteroatoms. The predicted molar refractivity (Wildman–Crippen MR) is 102 cm³/mol. The smallest absolute Gasteiger partial charge is 0.173 e. The minimum Gasteiger partial charge on any atom is -0.368 e. The molecule has 0 aliphatic carbocycles. The van der Waals surface area contributed by atoms with Gasteiger partial charge in [-0.05, 0) is 55.4 Å². The van der Waals surface area contributed by atoms with Gasteiger partial charge in [-0.2, -0.15) is 0 Å². The van der Waals surface area contributed by atoms with E-state index in [4.69, 9.17) is 12.2 Å². The fraction of sp³-hybridized carbons (Fsp3) is 0.316. The van der Waals surface area contributed by atoms with Gasteiger partial charge in [0.25, 0.3) is 0 Å². The standard InChI is InChI=1S/C19H23N3S/c1-15-6-5-8-17(14-15)20-19(23)22-12-10-21(11-13-22)18-9-4-3-7-16(18)2/h3-9,14H,10-13H2,1-2H3,(H,20,23). The molecule has 0 atom stereocenters. The van der Waals surface area contributed by atoms with E-state index in [0.29, 0.717) is 0 Å². The van der Waals surface area contributed by atoms with Crippen LogP contribution in [-0.2, 0) is 0 Å². The van der Waals surface area contributed by atoms with Crippen LogP contribution in [0.5, 0.6) is 0 Å². The lowest BCUT2D eigenvalue weighted by Crippen LogP contribution is -2.50. The Morgan fingerprint density at radius 1 is 0.957 bits per heavy atom. The van der Waals surface area contributed by atoms with Crippen LogP contribution >= 0.6 is 12.2 Å². The van der Waals surface area contributed by atoms with Gasteiger partial charge < -0.3 is 15.1 Å². The fourth-order valence-corrected chi connectivity index (χ4v) is 3.29. The highest BCUT2D eigenvalue weighted by molar-refractivity contribution is 7.80. The number of nitrogens with zero attached hydrogens (tertiary/aromatic N) is 2. The maximum absolute atomic E-state index is 5.58. The highest BCUT2D eigenvalue weighted by atomic mass is 32.1. The molecule has 1 aliphatic rings. The normalized spacial score (nSPS) is 14.7. The molecule has 2 aromatic carbocycles. The summed E-state index contributed by atoms with van der Waals surface area (Å²) < 4.78 is 0. The summed E-state index contributed by atoms with van der Waals surface area (Å²) in [6.07, 6.45) is 0. The van der Waals surface area contributed by atoms with E-state index >= 15 is 0 Å². The molecule has 1 aliphatic heterocycles. The van der Waals surface area contributed by atoms with E-state index in [-0.39, 0.29) is 0 Å². The fourth-order valence-electron chi connectivity index (χ4n) is 2.99. The first-order chi connectivity index (χ1) is 11.1. The highest BCUT2D eigenvalue weighted by Gasteiger charge is 2.20. The van der Waals surface area contributed by atoms with Crippen LogP contribution in [0.3, 0.4) is 0 Å². The molecule has 0 saturated carbocycles. The van der Waals surface area contributed by atoms with Gasteiger partial charge in [0.1, 0.15) is 0 Å². The number of thiocarbonyl (C=S) groups is 1. The van der Waals surface area contributed by atoms with Gasteiger partial charge in [0.15, 0.2) is 5.11 Å². The van der Waals surface area contributed by atoms with Crippen LogP contribution in [0.25, 0.3) is 0 Å². The number of rotatable bonds is 2. The SMILES string of the molecule is Cc1cccc(NC(=S)N2CCN(c3ccccc3C)CC2)c1. The first-order valence-electron chi connectivity index (χ1n) is 8.06. The van der Waals surface area contributed by atoms with Crippen LogP contribution in [0.2, 0.25) is 0 Å². The first kappa shape index (κ1) is 15.8. The highest BCUT2D eigenvalue weighted by Crippen LogP contribution is 2.21. The molecule has 0 amide bonds. The third-order valence-electron chi connectivity index (χ3n) is 4.29. The summed E-state index contributed by atoms with van der Waals surface area (Å²) >= 11 is 5.58. The summed E-state index contributed by atoms with van der Waals surface area (Å²) in [5.74, 6) is 0. The van der Waals surface area contributed by atoms with E-state index in [2.05, 4.69) is 77.5 Å². The molecule has 2 aromatic rings. The molecule has 1 saturated heterocycles. The zero-order valence-electron chi connectivity index (χ0n) is 13.7. The van der Waals surface area contributed by atoms with E-state index in [0.717, 1.165) is 37.0 Å². The molecular formula is C19H23N3S. The van der Waals surface area contributed by atoms with Crippen LogP contribution < -0.4 is 10.2 Å². The van der Waals surface area contributed by atoms with Gasteiger partial charge in [-0.25, -0.2) is 0 Å². The Hall–Kier alpha value is -2.07. The quantitative estimate of drug-likeness (QED) is 0.846. The van der Waals surface area contributed by atoms with Gasteiger partial charge in [-0.15, -0.1) is 0 Å². The second-order valence-electron chi connectivity index (χ2n) is 6.06. The molecule has 0 bridgehead atoms. The molecule has 1 heterocycles. The Kier molecular flexibility index (Phi) is 4.82. The van der Waals surface area contributed by atoms with Crippen molar-refractivity contribution in [3.8, 4) is 0 Å². The minimum atomic E-state index is 0.819. The summed E-state index contributed by atoms with van der Waals surface area (Å²) in [7, 11) is 0. The van der Waals surface area contributed by atoms with Gasteiger partial charge >= 0.3 is 0 Å². The van der Waals surface area contributed by atoms with Crippen LogP contribution in [0.1, 0.15) is 11.1 Å². The van der Waals surface area contributed by atoms with Crippen molar-refractivity contribution >= 4 is 28.7 Å². The first-order valence-corrected chi connectivity index (χ1v) is 8.47. The van der Waals surface area contributed by atoms with E-state index in [1.165, 1.54) is 16.8 Å². The van der Waals surface area contributed by atoms with Crippen molar-refractivity contribution in [1.82, 2.24) is 4.90 Å². The number of para-hydroxylation sites is 1. The lowest BCUT2D eigenvalue weighted by molar-refractivity contribution is 0.390.